The first-order chi connectivity index (χ1) is 14.2. The van der Waals surface area contributed by atoms with E-state index in [1.807, 2.05) is 0 Å². The highest BCUT2D eigenvalue weighted by atomic mass is 19.4. The molecule has 0 radical (unpaired) electrons. The van der Waals surface area contributed by atoms with E-state index in [4.69, 9.17) is 0 Å². The molecule has 0 amide bonds. The van der Waals surface area contributed by atoms with Crippen LogP contribution < -0.4 is 10.6 Å². The Morgan fingerprint density at radius 3 is 2.73 bits per heavy atom. The number of aromatic nitrogens is 3. The lowest BCUT2D eigenvalue weighted by molar-refractivity contribution is -0.259. The Labute approximate surface area is 170 Å². The number of alkyl halides is 3. The van der Waals surface area contributed by atoms with E-state index in [9.17, 15) is 22.7 Å². The molecular weight excluding hydrogens is 402 g/mol. The average Bonchev–Trinajstić information content (AvgIpc) is 3.12. The third kappa shape index (κ3) is 3.72. The van der Waals surface area contributed by atoms with Crippen LogP contribution in [-0.2, 0) is 5.60 Å². The molecule has 1 aliphatic rings. The van der Waals surface area contributed by atoms with E-state index < -0.39 is 17.6 Å². The lowest BCUT2D eigenvalue weighted by Gasteiger charge is -2.26. The van der Waals surface area contributed by atoms with Crippen molar-refractivity contribution in [1.82, 2.24) is 19.7 Å². The number of halogens is 4. The van der Waals surface area contributed by atoms with Gasteiger partial charge in [-0.2, -0.15) is 13.2 Å². The van der Waals surface area contributed by atoms with Crippen molar-refractivity contribution < 1.29 is 22.7 Å². The maximum atomic E-state index is 14.6. The van der Waals surface area contributed by atoms with Gasteiger partial charge in [-0.15, -0.1) is 0 Å². The summed E-state index contributed by atoms with van der Waals surface area (Å²) < 4.78 is 55.6. The number of pyridine rings is 2. The lowest BCUT2D eigenvalue weighted by Crippen LogP contribution is -2.39. The fourth-order valence-corrected chi connectivity index (χ4v) is 3.49. The Morgan fingerprint density at radius 1 is 1.23 bits per heavy atom. The first-order valence-electron chi connectivity index (χ1n) is 9.57. The molecule has 3 aromatic heterocycles. The van der Waals surface area contributed by atoms with Crippen LogP contribution in [0, 0.1) is 5.82 Å². The van der Waals surface area contributed by atoms with E-state index >= 15 is 0 Å². The molecule has 0 unspecified atom stereocenters. The van der Waals surface area contributed by atoms with Gasteiger partial charge in [0.1, 0.15) is 17.2 Å². The molecule has 3 N–H and O–H groups in total. The van der Waals surface area contributed by atoms with E-state index in [-0.39, 0.29) is 23.0 Å². The smallest absolute Gasteiger partial charge is 0.376 e. The fraction of sp³-hybridized carbons (Fsp3) is 0.400. The second-order valence-electron chi connectivity index (χ2n) is 7.57. The Kier molecular flexibility index (Phi) is 5.15. The quantitative estimate of drug-likeness (QED) is 0.561. The Hall–Kier alpha value is -2.72. The van der Waals surface area contributed by atoms with Crippen molar-refractivity contribution in [3.63, 3.8) is 0 Å². The molecule has 1 fully saturated rings. The number of nitrogens with one attached hydrogen (secondary N) is 2. The normalized spacial score (nSPS) is 19.6. The van der Waals surface area contributed by atoms with Crippen LogP contribution in [-0.4, -0.2) is 44.8 Å². The van der Waals surface area contributed by atoms with Crippen molar-refractivity contribution in [2.45, 2.75) is 37.6 Å². The van der Waals surface area contributed by atoms with Crippen LogP contribution in [0.3, 0.4) is 0 Å². The molecule has 0 aromatic carbocycles. The van der Waals surface area contributed by atoms with Crippen LogP contribution in [0.2, 0.25) is 0 Å². The van der Waals surface area contributed by atoms with E-state index in [2.05, 4.69) is 20.6 Å². The van der Waals surface area contributed by atoms with Crippen LogP contribution in [0.5, 0.6) is 0 Å². The SMILES string of the molecule is C[C@@](O)(c1ccc2ncc(-c3nc(N[C@@H]4CCCNC4)ccc3F)n2c1)C(F)(F)F. The van der Waals surface area contributed by atoms with Crippen molar-refractivity contribution in [3.8, 4) is 11.4 Å². The van der Waals surface area contributed by atoms with Crippen LogP contribution in [0.25, 0.3) is 17.0 Å². The van der Waals surface area contributed by atoms with Crippen molar-refractivity contribution in [2.24, 2.45) is 0 Å². The zero-order valence-corrected chi connectivity index (χ0v) is 16.2. The highest BCUT2D eigenvalue weighted by Crippen LogP contribution is 2.38. The van der Waals surface area contributed by atoms with Gasteiger partial charge in [0.05, 0.1) is 11.9 Å². The summed E-state index contributed by atoms with van der Waals surface area (Å²) in [5.74, 6) is -0.161. The van der Waals surface area contributed by atoms with Crippen LogP contribution in [0.1, 0.15) is 25.3 Å². The molecule has 0 saturated carbocycles. The van der Waals surface area contributed by atoms with Crippen molar-refractivity contribution in [3.05, 3.63) is 48.0 Å². The second kappa shape index (κ2) is 7.51. The van der Waals surface area contributed by atoms with Gasteiger partial charge >= 0.3 is 6.18 Å². The first-order valence-corrected chi connectivity index (χ1v) is 9.57. The zero-order chi connectivity index (χ0) is 21.5. The lowest BCUT2D eigenvalue weighted by atomic mass is 9.97. The molecule has 1 aliphatic heterocycles. The van der Waals surface area contributed by atoms with Crippen LogP contribution in [0.15, 0.2) is 36.7 Å². The molecule has 2 atom stereocenters. The van der Waals surface area contributed by atoms with Gasteiger partial charge in [0, 0.05) is 24.3 Å². The Balaban J connectivity index is 1.74. The van der Waals surface area contributed by atoms with Gasteiger partial charge in [-0.1, -0.05) is 6.07 Å². The number of rotatable bonds is 4. The zero-order valence-electron chi connectivity index (χ0n) is 16.2. The number of nitrogens with zero attached hydrogens (tertiary/aromatic N) is 3. The number of hydrogen-bond donors (Lipinski definition) is 3. The van der Waals surface area contributed by atoms with Crippen molar-refractivity contribution in [2.75, 3.05) is 18.4 Å². The summed E-state index contributed by atoms with van der Waals surface area (Å²) in [6.45, 7) is 2.39. The highest BCUT2D eigenvalue weighted by Gasteiger charge is 2.51. The predicted octanol–water partition coefficient (Wildman–Crippen LogP) is 3.47. The van der Waals surface area contributed by atoms with Crippen molar-refractivity contribution in [1.29, 1.82) is 0 Å². The van der Waals surface area contributed by atoms with Gasteiger partial charge in [-0.3, -0.25) is 4.40 Å². The molecule has 160 valence electrons. The molecule has 4 heterocycles. The van der Waals surface area contributed by atoms with Crippen LogP contribution in [0.4, 0.5) is 23.4 Å². The van der Waals surface area contributed by atoms with Gasteiger partial charge in [0.2, 0.25) is 0 Å². The molecular formula is C20H21F4N5O. The number of hydrogen-bond acceptors (Lipinski definition) is 5. The maximum Gasteiger partial charge on any atom is 0.421 e. The molecule has 4 rings (SSSR count). The minimum atomic E-state index is -4.87. The van der Waals surface area contributed by atoms with Gasteiger partial charge in [-0.25, -0.2) is 14.4 Å². The standard InChI is InChI=1S/C20H21F4N5O/c1-19(30,20(22,23)24)12-4-7-17-26-10-15(29(17)11-12)18-14(21)5-6-16(28-18)27-13-3-2-8-25-9-13/h4-7,10-11,13,25,30H,2-3,8-9H2,1H3,(H,27,28)/t13-,19-/m1/s1. The number of imidazole rings is 1. The number of fused-ring (bicyclic) bond motifs is 1. The largest absolute Gasteiger partial charge is 0.421 e. The molecule has 6 nitrogen and oxygen atoms in total. The van der Waals surface area contributed by atoms with Gasteiger partial charge < -0.3 is 15.7 Å². The summed E-state index contributed by atoms with van der Waals surface area (Å²) in [7, 11) is 0. The molecule has 30 heavy (non-hydrogen) atoms. The monoisotopic (exact) mass is 423 g/mol. The molecule has 10 heteroatoms. The van der Waals surface area contributed by atoms with E-state index in [1.54, 1.807) is 0 Å². The minimum absolute atomic E-state index is 0.0416. The molecule has 0 bridgehead atoms. The van der Waals surface area contributed by atoms with E-state index in [0.29, 0.717) is 18.4 Å². The summed E-state index contributed by atoms with van der Waals surface area (Å²) >= 11 is 0. The van der Waals surface area contributed by atoms with E-state index in [1.165, 1.54) is 28.8 Å². The third-order valence-corrected chi connectivity index (χ3v) is 5.36. The Bertz CT molecular complexity index is 1060. The Morgan fingerprint density at radius 2 is 2.03 bits per heavy atom. The average molecular weight is 423 g/mol. The predicted molar refractivity (Wildman–Crippen MR) is 104 cm³/mol. The number of anilines is 1. The minimum Gasteiger partial charge on any atom is -0.376 e. The molecule has 0 spiro atoms. The van der Waals surface area contributed by atoms with Gasteiger partial charge in [-0.05, 0) is 44.5 Å². The summed E-state index contributed by atoms with van der Waals surface area (Å²) in [6.07, 6.45) is -0.452. The molecule has 0 aliphatic carbocycles. The van der Waals surface area contributed by atoms with Crippen LogP contribution >= 0.6 is 0 Å². The van der Waals surface area contributed by atoms with Gasteiger partial charge in [0.25, 0.3) is 0 Å². The summed E-state index contributed by atoms with van der Waals surface area (Å²) in [5, 5.41) is 16.5. The van der Waals surface area contributed by atoms with Gasteiger partial charge in [0.15, 0.2) is 11.4 Å². The fourth-order valence-electron chi connectivity index (χ4n) is 3.49. The van der Waals surface area contributed by atoms with E-state index in [0.717, 1.165) is 38.2 Å². The summed E-state index contributed by atoms with van der Waals surface area (Å²) in [6, 6.07) is 5.43. The molecule has 3 aromatic rings. The highest BCUT2D eigenvalue weighted by molar-refractivity contribution is 5.63. The first kappa shape index (κ1) is 20.5. The third-order valence-electron chi connectivity index (χ3n) is 5.36. The number of aliphatic hydroxyl groups is 1. The topological polar surface area (TPSA) is 74.5 Å². The van der Waals surface area contributed by atoms with Crippen molar-refractivity contribution >= 4 is 11.5 Å². The second-order valence-corrected chi connectivity index (χ2v) is 7.57. The molecule has 1 saturated heterocycles. The number of piperidine rings is 1. The summed E-state index contributed by atoms with van der Waals surface area (Å²) in [4.78, 5) is 8.47. The summed E-state index contributed by atoms with van der Waals surface area (Å²) in [5.41, 5.74) is -2.99. The maximum absolute atomic E-state index is 14.6.